The van der Waals surface area contributed by atoms with E-state index in [9.17, 15) is 13.2 Å². The molecule has 0 spiro atoms. The molecule has 2 aliphatic heterocycles. The molecule has 4 rings (SSSR count). The fourth-order valence-corrected chi connectivity index (χ4v) is 5.91. The Bertz CT molecular complexity index is 994. The lowest BCUT2D eigenvalue weighted by Crippen LogP contribution is -2.31. The standard InChI is InChI=1S/C21H24BrN3O3S/c22-18-3-1-4-20(13-18)24-11-9-16(15-24)14-23-21(26)17-5-7-19(8-6-17)25-10-2-12-29(25,27)28/h1,3-8,13,16H,2,9-12,14-15H2,(H,23,26). The smallest absolute Gasteiger partial charge is 0.251 e. The molecule has 6 nitrogen and oxygen atoms in total. The largest absolute Gasteiger partial charge is 0.371 e. The maximum Gasteiger partial charge on any atom is 0.251 e. The van der Waals surface area contributed by atoms with Gasteiger partial charge >= 0.3 is 0 Å². The molecule has 1 amide bonds. The summed E-state index contributed by atoms with van der Waals surface area (Å²) in [4.78, 5) is 14.8. The zero-order valence-electron chi connectivity index (χ0n) is 16.1. The number of nitrogens with zero attached hydrogens (tertiary/aromatic N) is 2. The molecule has 1 N–H and O–H groups in total. The van der Waals surface area contributed by atoms with Crippen LogP contribution in [0.25, 0.3) is 0 Å². The summed E-state index contributed by atoms with van der Waals surface area (Å²) >= 11 is 3.51. The number of hydrogen-bond donors (Lipinski definition) is 1. The second-order valence-corrected chi connectivity index (χ2v) is 10.5. The molecule has 8 heteroatoms. The van der Waals surface area contributed by atoms with Gasteiger partial charge in [-0.25, -0.2) is 8.42 Å². The van der Waals surface area contributed by atoms with Crippen LogP contribution in [0.1, 0.15) is 23.2 Å². The van der Waals surface area contributed by atoms with Gasteiger partial charge in [0.2, 0.25) is 10.0 Å². The first-order valence-electron chi connectivity index (χ1n) is 9.81. The van der Waals surface area contributed by atoms with E-state index in [0.717, 1.165) is 24.0 Å². The topological polar surface area (TPSA) is 69.7 Å². The quantitative estimate of drug-likeness (QED) is 0.717. The average molecular weight is 478 g/mol. The van der Waals surface area contributed by atoms with Crippen molar-refractivity contribution >= 4 is 43.2 Å². The van der Waals surface area contributed by atoms with Crippen LogP contribution in [0.4, 0.5) is 11.4 Å². The maximum atomic E-state index is 12.5. The zero-order valence-corrected chi connectivity index (χ0v) is 18.5. The van der Waals surface area contributed by atoms with E-state index in [1.54, 1.807) is 24.3 Å². The number of rotatable bonds is 5. The highest BCUT2D eigenvalue weighted by Gasteiger charge is 2.28. The first-order valence-corrected chi connectivity index (χ1v) is 12.2. The fraction of sp³-hybridized carbons (Fsp3) is 0.381. The molecule has 1 atom stereocenters. The maximum absolute atomic E-state index is 12.5. The zero-order chi connectivity index (χ0) is 20.4. The van der Waals surface area contributed by atoms with Crippen LogP contribution in [0.15, 0.2) is 53.0 Å². The van der Waals surface area contributed by atoms with E-state index in [4.69, 9.17) is 0 Å². The summed E-state index contributed by atoms with van der Waals surface area (Å²) in [7, 11) is -3.20. The van der Waals surface area contributed by atoms with Crippen molar-refractivity contribution in [3.63, 3.8) is 0 Å². The summed E-state index contributed by atoms with van der Waals surface area (Å²) in [5, 5.41) is 3.02. The Morgan fingerprint density at radius 1 is 1.10 bits per heavy atom. The summed E-state index contributed by atoms with van der Waals surface area (Å²) in [6.07, 6.45) is 1.68. The number of sulfonamides is 1. The summed E-state index contributed by atoms with van der Waals surface area (Å²) in [5.74, 6) is 0.474. The van der Waals surface area contributed by atoms with E-state index >= 15 is 0 Å². The lowest BCUT2D eigenvalue weighted by molar-refractivity contribution is 0.0948. The molecule has 0 aliphatic carbocycles. The number of carbonyl (C=O) groups is 1. The molecule has 2 fully saturated rings. The SMILES string of the molecule is O=C(NCC1CCN(c2cccc(Br)c2)C1)c1ccc(N2CCCS2(=O)=O)cc1. The Labute approximate surface area is 180 Å². The third-order valence-electron chi connectivity index (χ3n) is 5.53. The number of amides is 1. The predicted molar refractivity (Wildman–Crippen MR) is 119 cm³/mol. The van der Waals surface area contributed by atoms with Crippen molar-refractivity contribution in [2.75, 3.05) is 41.1 Å². The molecular formula is C21H24BrN3O3S. The Balaban J connectivity index is 1.31. The number of benzene rings is 2. The van der Waals surface area contributed by atoms with E-state index in [0.29, 0.717) is 36.7 Å². The fourth-order valence-electron chi connectivity index (χ4n) is 3.95. The Morgan fingerprint density at radius 2 is 1.90 bits per heavy atom. The number of hydrogen-bond acceptors (Lipinski definition) is 4. The minimum atomic E-state index is -3.20. The van der Waals surface area contributed by atoms with E-state index in [1.807, 2.05) is 12.1 Å². The first kappa shape index (κ1) is 20.2. The average Bonchev–Trinajstić information content (AvgIpc) is 3.32. The molecule has 29 heavy (non-hydrogen) atoms. The van der Waals surface area contributed by atoms with Crippen LogP contribution in [-0.4, -0.2) is 46.3 Å². The van der Waals surface area contributed by atoms with Crippen LogP contribution in [-0.2, 0) is 10.0 Å². The van der Waals surface area contributed by atoms with E-state index < -0.39 is 10.0 Å². The van der Waals surface area contributed by atoms with Gasteiger partial charge in [0.25, 0.3) is 5.91 Å². The molecule has 2 aromatic rings. The predicted octanol–water partition coefficient (Wildman–Crippen LogP) is 3.25. The number of halogens is 1. The minimum Gasteiger partial charge on any atom is -0.371 e. The van der Waals surface area contributed by atoms with Crippen molar-refractivity contribution in [3.05, 3.63) is 58.6 Å². The summed E-state index contributed by atoms with van der Waals surface area (Å²) in [6.45, 7) is 3.04. The van der Waals surface area contributed by atoms with Gasteiger partial charge in [-0.2, -0.15) is 0 Å². The Morgan fingerprint density at radius 3 is 2.59 bits per heavy atom. The van der Waals surface area contributed by atoms with Crippen LogP contribution < -0.4 is 14.5 Å². The third kappa shape index (κ3) is 4.59. The molecule has 0 radical (unpaired) electrons. The van der Waals surface area contributed by atoms with Crippen molar-refractivity contribution in [1.82, 2.24) is 5.32 Å². The molecule has 0 aromatic heterocycles. The lowest BCUT2D eigenvalue weighted by Gasteiger charge is -2.19. The van der Waals surface area contributed by atoms with Crippen molar-refractivity contribution in [1.29, 1.82) is 0 Å². The van der Waals surface area contributed by atoms with Gasteiger partial charge in [-0.15, -0.1) is 0 Å². The molecule has 2 aliphatic rings. The van der Waals surface area contributed by atoms with Crippen LogP contribution in [0.3, 0.4) is 0 Å². The highest BCUT2D eigenvalue weighted by atomic mass is 79.9. The number of anilines is 2. The van der Waals surface area contributed by atoms with E-state index in [2.05, 4.69) is 38.3 Å². The molecule has 2 saturated heterocycles. The molecule has 154 valence electrons. The van der Waals surface area contributed by atoms with Gasteiger partial charge in [-0.05, 0) is 61.2 Å². The Hall–Kier alpha value is -2.06. The van der Waals surface area contributed by atoms with Gasteiger partial charge in [-0.3, -0.25) is 9.10 Å². The van der Waals surface area contributed by atoms with Crippen LogP contribution in [0.5, 0.6) is 0 Å². The van der Waals surface area contributed by atoms with Gasteiger partial charge in [0.1, 0.15) is 0 Å². The molecule has 1 unspecified atom stereocenters. The van der Waals surface area contributed by atoms with Crippen molar-refractivity contribution in [3.8, 4) is 0 Å². The molecule has 0 saturated carbocycles. The minimum absolute atomic E-state index is 0.123. The lowest BCUT2D eigenvalue weighted by atomic mass is 10.1. The van der Waals surface area contributed by atoms with Crippen molar-refractivity contribution in [2.45, 2.75) is 12.8 Å². The normalized spacial score (nSPS) is 20.8. The summed E-state index contributed by atoms with van der Waals surface area (Å²) < 4.78 is 26.5. The van der Waals surface area contributed by atoms with Gasteiger partial charge in [-0.1, -0.05) is 22.0 Å². The van der Waals surface area contributed by atoms with Crippen LogP contribution in [0, 0.1) is 5.92 Å². The third-order valence-corrected chi connectivity index (χ3v) is 7.89. The Kier molecular flexibility index (Phi) is 5.83. The monoisotopic (exact) mass is 477 g/mol. The van der Waals surface area contributed by atoms with Gasteiger partial charge in [0.05, 0.1) is 11.4 Å². The highest BCUT2D eigenvalue weighted by molar-refractivity contribution is 9.10. The highest BCUT2D eigenvalue weighted by Crippen LogP contribution is 2.26. The van der Waals surface area contributed by atoms with Gasteiger partial charge in [0, 0.05) is 41.9 Å². The second kappa shape index (κ2) is 8.36. The van der Waals surface area contributed by atoms with Gasteiger partial charge in [0.15, 0.2) is 0 Å². The molecular weight excluding hydrogens is 454 g/mol. The van der Waals surface area contributed by atoms with E-state index in [1.165, 1.54) is 9.99 Å². The van der Waals surface area contributed by atoms with Crippen LogP contribution in [0.2, 0.25) is 0 Å². The van der Waals surface area contributed by atoms with Crippen molar-refractivity contribution < 1.29 is 13.2 Å². The van der Waals surface area contributed by atoms with Gasteiger partial charge < -0.3 is 10.2 Å². The van der Waals surface area contributed by atoms with Crippen molar-refractivity contribution in [2.24, 2.45) is 5.92 Å². The first-order chi connectivity index (χ1) is 13.9. The molecule has 2 heterocycles. The number of nitrogens with one attached hydrogen (secondary N) is 1. The number of carbonyl (C=O) groups excluding carboxylic acids is 1. The molecule has 2 aromatic carbocycles. The second-order valence-electron chi connectivity index (χ2n) is 7.58. The van der Waals surface area contributed by atoms with E-state index in [-0.39, 0.29) is 11.7 Å². The summed E-state index contributed by atoms with van der Waals surface area (Å²) in [6, 6.07) is 15.1. The molecule has 0 bridgehead atoms. The summed E-state index contributed by atoms with van der Waals surface area (Å²) in [5.41, 5.74) is 2.37. The van der Waals surface area contributed by atoms with Crippen LogP contribution >= 0.6 is 15.9 Å².